The molecule has 0 aliphatic carbocycles. The molecule has 1 fully saturated rings. The summed E-state index contributed by atoms with van der Waals surface area (Å²) in [6.45, 7) is 9.36. The summed E-state index contributed by atoms with van der Waals surface area (Å²) < 4.78 is 35.2. The summed E-state index contributed by atoms with van der Waals surface area (Å²) in [6.07, 6.45) is 3.15. The van der Waals surface area contributed by atoms with Crippen LogP contribution in [0.25, 0.3) is 0 Å². The number of likely N-dealkylation sites (tertiary alicyclic amines) is 1. The molecule has 12 heteroatoms. The molecule has 0 saturated carbocycles. The standard InChI is InChI=1S/C37H43ClN4O6S/c1-25(2)31-32(26-14-7-6-8-15-26)39-33(43)27-16-13-17-28(22-27)49(46,47)42(30-19-10-9-18-29(30)38)21-12-11-20-37(34(44)40-31)23-41(24-37)35(45)48-36(3,4)5/h6-19,22,25,31-32H,20-21,23-24H2,1-5H3,(H,39,43)(H,40,44)/b12-11+. The second-order valence-electron chi connectivity index (χ2n) is 13.9. The van der Waals surface area contributed by atoms with Crippen molar-refractivity contribution in [1.82, 2.24) is 15.5 Å². The molecule has 1 spiro atoms. The summed E-state index contributed by atoms with van der Waals surface area (Å²) >= 11 is 6.51. The van der Waals surface area contributed by atoms with Crippen LogP contribution < -0.4 is 14.9 Å². The van der Waals surface area contributed by atoms with Gasteiger partial charge < -0.3 is 20.3 Å². The van der Waals surface area contributed by atoms with E-state index in [1.165, 1.54) is 27.4 Å². The number of fused-ring (bicyclic) bond motifs is 2. The van der Waals surface area contributed by atoms with E-state index in [1.807, 2.05) is 44.2 Å². The number of hydrogen-bond donors (Lipinski definition) is 2. The molecule has 2 aliphatic heterocycles. The maximum Gasteiger partial charge on any atom is 0.410 e. The summed E-state index contributed by atoms with van der Waals surface area (Å²) in [5.74, 6) is -0.911. The van der Waals surface area contributed by atoms with Crippen LogP contribution in [0.3, 0.4) is 0 Å². The van der Waals surface area contributed by atoms with Crippen molar-refractivity contribution in [1.29, 1.82) is 0 Å². The van der Waals surface area contributed by atoms with E-state index in [4.69, 9.17) is 16.3 Å². The molecule has 0 radical (unpaired) electrons. The van der Waals surface area contributed by atoms with Crippen molar-refractivity contribution in [2.75, 3.05) is 23.9 Å². The monoisotopic (exact) mass is 706 g/mol. The number of nitrogens with one attached hydrogen (secondary N) is 2. The molecule has 2 aliphatic rings. The highest BCUT2D eigenvalue weighted by Gasteiger charge is 2.52. The van der Waals surface area contributed by atoms with Crippen LogP contribution in [0.1, 0.15) is 63.0 Å². The highest BCUT2D eigenvalue weighted by Crippen LogP contribution is 2.38. The minimum absolute atomic E-state index is 0.0750. The molecule has 49 heavy (non-hydrogen) atoms. The Labute approximate surface area is 293 Å². The molecule has 2 heterocycles. The smallest absolute Gasteiger partial charge is 0.410 e. The third-order valence-electron chi connectivity index (χ3n) is 8.69. The number of hydrogen-bond acceptors (Lipinski definition) is 6. The predicted molar refractivity (Wildman–Crippen MR) is 190 cm³/mol. The van der Waals surface area contributed by atoms with E-state index in [0.29, 0.717) is 0 Å². The number of sulfonamides is 1. The Morgan fingerprint density at radius 2 is 1.61 bits per heavy atom. The number of halogens is 1. The summed E-state index contributed by atoms with van der Waals surface area (Å²) in [6, 6.07) is 20.6. The lowest BCUT2D eigenvalue weighted by atomic mass is 9.75. The first-order valence-electron chi connectivity index (χ1n) is 16.3. The van der Waals surface area contributed by atoms with Gasteiger partial charge in [0.15, 0.2) is 0 Å². The molecule has 3 aromatic rings. The van der Waals surface area contributed by atoms with Gasteiger partial charge in [0.25, 0.3) is 15.9 Å². The lowest BCUT2D eigenvalue weighted by Gasteiger charge is -2.49. The number of ether oxygens (including phenoxy) is 1. The van der Waals surface area contributed by atoms with Crippen LogP contribution in [0.5, 0.6) is 0 Å². The van der Waals surface area contributed by atoms with Crippen molar-refractivity contribution >= 4 is 45.2 Å². The fraction of sp³-hybridized carbons (Fsp3) is 0.378. The first-order chi connectivity index (χ1) is 23.1. The van der Waals surface area contributed by atoms with Crippen LogP contribution in [0, 0.1) is 11.3 Å². The van der Waals surface area contributed by atoms with Gasteiger partial charge in [0.05, 0.1) is 39.6 Å². The molecule has 3 amide bonds. The van der Waals surface area contributed by atoms with Crippen molar-refractivity contribution in [3.8, 4) is 0 Å². The first kappa shape index (κ1) is 35.9. The van der Waals surface area contributed by atoms with E-state index < -0.39 is 45.1 Å². The van der Waals surface area contributed by atoms with Crippen LogP contribution in [0.2, 0.25) is 5.02 Å². The van der Waals surface area contributed by atoms with Gasteiger partial charge in [-0.3, -0.25) is 13.9 Å². The average Bonchev–Trinajstić information content (AvgIpc) is 3.03. The number of carbonyl (C=O) groups excluding carboxylic acids is 3. The van der Waals surface area contributed by atoms with E-state index >= 15 is 0 Å². The van der Waals surface area contributed by atoms with Gasteiger partial charge in [0.1, 0.15) is 5.60 Å². The number of rotatable bonds is 3. The van der Waals surface area contributed by atoms with Crippen LogP contribution in [-0.2, 0) is 19.6 Å². The Kier molecular flexibility index (Phi) is 10.5. The van der Waals surface area contributed by atoms with Crippen LogP contribution in [0.4, 0.5) is 10.5 Å². The van der Waals surface area contributed by atoms with Gasteiger partial charge in [0.2, 0.25) is 5.91 Å². The fourth-order valence-corrected chi connectivity index (χ4v) is 7.86. The van der Waals surface area contributed by atoms with Gasteiger partial charge in [0, 0.05) is 18.7 Å². The molecule has 0 aromatic heterocycles. The summed E-state index contributed by atoms with van der Waals surface area (Å²) in [5.41, 5.74) is -0.566. The number of nitrogens with zero attached hydrogens (tertiary/aromatic N) is 2. The Balaban J connectivity index is 1.61. The van der Waals surface area contributed by atoms with E-state index in [2.05, 4.69) is 10.6 Å². The Morgan fingerprint density at radius 3 is 2.27 bits per heavy atom. The maximum atomic E-state index is 14.4. The van der Waals surface area contributed by atoms with Gasteiger partial charge in [-0.1, -0.05) is 86.1 Å². The van der Waals surface area contributed by atoms with Gasteiger partial charge in [-0.2, -0.15) is 0 Å². The molecule has 2 N–H and O–H groups in total. The Hall–Kier alpha value is -4.35. The summed E-state index contributed by atoms with van der Waals surface area (Å²) in [5, 5.41) is 6.56. The number of carbonyl (C=O) groups is 3. The normalized spacial score (nSPS) is 21.8. The average molecular weight is 707 g/mol. The molecule has 260 valence electrons. The van der Waals surface area contributed by atoms with Crippen molar-refractivity contribution in [3.05, 3.63) is 107 Å². The van der Waals surface area contributed by atoms with Crippen LogP contribution in [0.15, 0.2) is 95.9 Å². The number of para-hydroxylation sites is 1. The van der Waals surface area contributed by atoms with E-state index in [9.17, 15) is 22.8 Å². The van der Waals surface area contributed by atoms with Crippen molar-refractivity contribution in [2.45, 2.75) is 63.6 Å². The minimum Gasteiger partial charge on any atom is -0.444 e. The maximum absolute atomic E-state index is 14.4. The zero-order valence-electron chi connectivity index (χ0n) is 28.4. The second-order valence-corrected chi connectivity index (χ2v) is 16.2. The molecule has 2 bridgehead atoms. The third kappa shape index (κ3) is 7.94. The van der Waals surface area contributed by atoms with Crippen LogP contribution >= 0.6 is 11.6 Å². The largest absolute Gasteiger partial charge is 0.444 e. The highest BCUT2D eigenvalue weighted by molar-refractivity contribution is 7.92. The lowest BCUT2D eigenvalue weighted by Crippen LogP contribution is -2.66. The first-order valence-corrected chi connectivity index (χ1v) is 18.1. The SMILES string of the molecule is CC(C)C1NC(=O)C2(C/C=C/CN(c3ccccc3Cl)S(=O)(=O)c3cccc(c3)C(=O)NC1c1ccccc1)CN(C(=O)OC(C)(C)C)C2. The quantitative estimate of drug-likeness (QED) is 0.306. The fourth-order valence-electron chi connectivity index (χ4n) is 6.09. The Morgan fingerprint density at radius 1 is 0.939 bits per heavy atom. The van der Waals surface area contributed by atoms with Crippen molar-refractivity contribution < 1.29 is 27.5 Å². The van der Waals surface area contributed by atoms with Crippen LogP contribution in [-0.4, -0.2) is 62.5 Å². The number of allylic oxidation sites excluding steroid dienone is 1. The van der Waals surface area contributed by atoms with Gasteiger partial charge in [-0.05, 0) is 69.0 Å². The third-order valence-corrected chi connectivity index (χ3v) is 10.8. The van der Waals surface area contributed by atoms with E-state index in [1.54, 1.807) is 63.3 Å². The molecular weight excluding hydrogens is 664 g/mol. The number of benzene rings is 3. The summed E-state index contributed by atoms with van der Waals surface area (Å²) in [4.78, 5) is 42.6. The van der Waals surface area contributed by atoms with Gasteiger partial charge >= 0.3 is 6.09 Å². The Bertz CT molecular complexity index is 1830. The lowest BCUT2D eigenvalue weighted by molar-refractivity contribution is -0.142. The minimum atomic E-state index is -4.22. The number of amides is 3. The van der Waals surface area contributed by atoms with Crippen molar-refractivity contribution in [2.24, 2.45) is 11.3 Å². The second kappa shape index (κ2) is 14.2. The zero-order valence-corrected chi connectivity index (χ0v) is 29.9. The van der Waals surface area contributed by atoms with E-state index in [0.717, 1.165) is 5.56 Å². The zero-order chi connectivity index (χ0) is 35.6. The van der Waals surface area contributed by atoms with Gasteiger partial charge in [-0.15, -0.1) is 0 Å². The highest BCUT2D eigenvalue weighted by atomic mass is 35.5. The van der Waals surface area contributed by atoms with Gasteiger partial charge in [-0.25, -0.2) is 13.2 Å². The number of anilines is 1. The topological polar surface area (TPSA) is 125 Å². The molecule has 2 unspecified atom stereocenters. The molecule has 3 aromatic carbocycles. The summed E-state index contributed by atoms with van der Waals surface area (Å²) in [7, 11) is -4.22. The molecule has 2 atom stereocenters. The van der Waals surface area contributed by atoms with Crippen molar-refractivity contribution in [3.63, 3.8) is 0 Å². The molecule has 10 nitrogen and oxygen atoms in total. The predicted octanol–water partition coefficient (Wildman–Crippen LogP) is 6.34. The molecular formula is C37H43ClN4O6S. The van der Waals surface area contributed by atoms with E-state index in [-0.39, 0.29) is 59.0 Å². The molecule has 1 saturated heterocycles. The molecule has 5 rings (SSSR count).